The Bertz CT molecular complexity index is 669. The summed E-state index contributed by atoms with van der Waals surface area (Å²) in [6.07, 6.45) is 4.96. The van der Waals surface area contributed by atoms with Crippen LogP contribution in [-0.2, 0) is 4.79 Å². The number of anilines is 1. The summed E-state index contributed by atoms with van der Waals surface area (Å²) in [5, 5.41) is -0.297. The van der Waals surface area contributed by atoms with Crippen LogP contribution in [0.15, 0.2) is 23.1 Å². The van der Waals surface area contributed by atoms with Crippen LogP contribution in [0.5, 0.6) is 0 Å². The van der Waals surface area contributed by atoms with E-state index in [0.29, 0.717) is 12.1 Å². The fourth-order valence-corrected chi connectivity index (χ4v) is 3.79. The smallest absolute Gasteiger partial charge is 0.293 e. The largest absolute Gasteiger partial charge is 0.371 e. The predicted molar refractivity (Wildman–Crippen MR) is 90.8 cm³/mol. The summed E-state index contributed by atoms with van der Waals surface area (Å²) < 4.78 is 14.4. The normalized spacial score (nSPS) is 20.7. The number of benzene rings is 1. The maximum atomic E-state index is 14.4. The zero-order valence-corrected chi connectivity index (χ0v) is 13.9. The van der Waals surface area contributed by atoms with Gasteiger partial charge in [0.1, 0.15) is 5.82 Å². The lowest BCUT2D eigenvalue weighted by molar-refractivity contribution is -0.122. The Kier molecular flexibility index (Phi) is 4.71. The zero-order chi connectivity index (χ0) is 16.4. The number of imide groups is 1. The van der Waals surface area contributed by atoms with Gasteiger partial charge in [-0.3, -0.25) is 14.5 Å². The number of hydrogen-bond acceptors (Lipinski definition) is 4. The third kappa shape index (κ3) is 3.27. The molecule has 2 saturated heterocycles. The SMILES string of the molecule is CCN1C(=O)S/C(=C/c2ccc(N3CCCCC3)cc2F)C1=O. The molecule has 0 aliphatic carbocycles. The van der Waals surface area contributed by atoms with Gasteiger partial charge in [-0.15, -0.1) is 0 Å². The number of piperidine rings is 1. The molecule has 23 heavy (non-hydrogen) atoms. The van der Waals surface area contributed by atoms with Crippen molar-refractivity contribution in [3.8, 4) is 0 Å². The van der Waals surface area contributed by atoms with Crippen LogP contribution < -0.4 is 4.90 Å². The van der Waals surface area contributed by atoms with Gasteiger partial charge in [-0.1, -0.05) is 0 Å². The van der Waals surface area contributed by atoms with Gasteiger partial charge in [0.25, 0.3) is 11.1 Å². The number of carbonyl (C=O) groups is 2. The first-order valence-corrected chi connectivity index (χ1v) is 8.71. The van der Waals surface area contributed by atoms with E-state index >= 15 is 0 Å². The summed E-state index contributed by atoms with van der Waals surface area (Å²) in [6.45, 7) is 3.98. The number of rotatable bonds is 3. The number of thioether (sulfide) groups is 1. The fourth-order valence-electron chi connectivity index (χ4n) is 2.90. The van der Waals surface area contributed by atoms with Gasteiger partial charge in [-0.05, 0) is 62.2 Å². The van der Waals surface area contributed by atoms with Crippen molar-refractivity contribution in [2.75, 3.05) is 24.5 Å². The predicted octanol–water partition coefficient (Wildman–Crippen LogP) is 3.87. The van der Waals surface area contributed by atoms with E-state index < -0.39 is 0 Å². The van der Waals surface area contributed by atoms with Crippen molar-refractivity contribution in [1.82, 2.24) is 4.90 Å². The fraction of sp³-hybridized carbons (Fsp3) is 0.412. The number of nitrogens with zero attached hydrogens (tertiary/aromatic N) is 2. The summed E-state index contributed by atoms with van der Waals surface area (Å²) >= 11 is 0.864. The van der Waals surface area contributed by atoms with E-state index in [1.165, 1.54) is 18.6 Å². The molecule has 0 N–H and O–H groups in total. The first kappa shape index (κ1) is 16.1. The quantitative estimate of drug-likeness (QED) is 0.787. The van der Waals surface area contributed by atoms with Crippen LogP contribution in [0.1, 0.15) is 31.7 Å². The molecule has 0 bridgehead atoms. The number of amides is 2. The number of carbonyl (C=O) groups excluding carboxylic acids is 2. The van der Waals surface area contributed by atoms with Crippen LogP contribution in [0.25, 0.3) is 6.08 Å². The highest BCUT2D eigenvalue weighted by molar-refractivity contribution is 8.18. The van der Waals surface area contributed by atoms with Crippen LogP contribution in [0.4, 0.5) is 14.9 Å². The molecule has 2 aliphatic rings. The van der Waals surface area contributed by atoms with Crippen molar-refractivity contribution in [1.29, 1.82) is 0 Å². The van der Waals surface area contributed by atoms with Gasteiger partial charge >= 0.3 is 0 Å². The maximum absolute atomic E-state index is 14.4. The summed E-state index contributed by atoms with van der Waals surface area (Å²) in [6, 6.07) is 5.07. The van der Waals surface area contributed by atoms with Gasteiger partial charge in [0.15, 0.2) is 0 Å². The first-order valence-electron chi connectivity index (χ1n) is 7.90. The van der Waals surface area contributed by atoms with E-state index in [-0.39, 0.29) is 21.9 Å². The highest BCUT2D eigenvalue weighted by Crippen LogP contribution is 2.33. The van der Waals surface area contributed by atoms with Crippen LogP contribution in [-0.4, -0.2) is 35.7 Å². The van der Waals surface area contributed by atoms with E-state index in [9.17, 15) is 14.0 Å². The highest BCUT2D eigenvalue weighted by Gasteiger charge is 2.33. The molecule has 2 aliphatic heterocycles. The molecule has 3 rings (SSSR count). The minimum absolute atomic E-state index is 0.279. The molecule has 0 aromatic heterocycles. The van der Waals surface area contributed by atoms with Gasteiger partial charge in [0.2, 0.25) is 0 Å². The summed E-state index contributed by atoms with van der Waals surface area (Å²) in [5.74, 6) is -0.710. The van der Waals surface area contributed by atoms with Crippen molar-refractivity contribution >= 4 is 34.7 Å². The summed E-state index contributed by atoms with van der Waals surface area (Å²) in [5.41, 5.74) is 1.22. The monoisotopic (exact) mass is 334 g/mol. The lowest BCUT2D eigenvalue weighted by atomic mass is 10.1. The second-order valence-corrected chi connectivity index (χ2v) is 6.67. The topological polar surface area (TPSA) is 40.6 Å². The molecule has 0 radical (unpaired) electrons. The number of halogens is 1. The molecule has 0 unspecified atom stereocenters. The average Bonchev–Trinajstić information content (AvgIpc) is 2.83. The molecule has 2 heterocycles. The zero-order valence-electron chi connectivity index (χ0n) is 13.0. The van der Waals surface area contributed by atoms with E-state index in [0.717, 1.165) is 48.3 Å². The molecule has 1 aromatic rings. The second-order valence-electron chi connectivity index (χ2n) is 5.68. The first-order chi connectivity index (χ1) is 11.1. The Hall–Kier alpha value is -1.82. The Morgan fingerprint density at radius 1 is 1.22 bits per heavy atom. The van der Waals surface area contributed by atoms with Crippen LogP contribution in [0, 0.1) is 5.82 Å². The van der Waals surface area contributed by atoms with E-state index in [4.69, 9.17) is 0 Å². The van der Waals surface area contributed by atoms with Gasteiger partial charge in [-0.25, -0.2) is 4.39 Å². The molecular weight excluding hydrogens is 315 g/mol. The van der Waals surface area contributed by atoms with Gasteiger partial charge in [-0.2, -0.15) is 0 Å². The van der Waals surface area contributed by atoms with E-state index in [2.05, 4.69) is 4.90 Å². The third-order valence-corrected chi connectivity index (χ3v) is 5.09. The summed E-state index contributed by atoms with van der Waals surface area (Å²) in [7, 11) is 0. The molecule has 0 atom stereocenters. The minimum atomic E-state index is -0.364. The standard InChI is InChI=1S/C17H19FN2O2S/c1-2-20-16(21)15(23-17(20)22)10-12-6-7-13(11-14(12)18)19-8-4-3-5-9-19/h6-7,10-11H,2-5,8-9H2,1H3/b15-10+. The van der Waals surface area contributed by atoms with Crippen LogP contribution >= 0.6 is 11.8 Å². The lowest BCUT2D eigenvalue weighted by Crippen LogP contribution is -2.29. The number of likely N-dealkylation sites (N-methyl/N-ethyl adjacent to an activating group) is 1. The summed E-state index contributed by atoms with van der Waals surface area (Å²) in [4.78, 5) is 27.4. The van der Waals surface area contributed by atoms with Crippen molar-refractivity contribution in [2.24, 2.45) is 0 Å². The molecule has 2 fully saturated rings. The third-order valence-electron chi connectivity index (χ3n) is 4.18. The van der Waals surface area contributed by atoms with Gasteiger partial charge in [0.05, 0.1) is 4.91 Å². The Balaban J connectivity index is 1.82. The molecule has 6 heteroatoms. The second kappa shape index (κ2) is 6.74. The van der Waals surface area contributed by atoms with Gasteiger partial charge in [0, 0.05) is 30.9 Å². The molecule has 0 saturated carbocycles. The number of hydrogen-bond donors (Lipinski definition) is 0. The van der Waals surface area contributed by atoms with Crippen molar-refractivity contribution in [2.45, 2.75) is 26.2 Å². The van der Waals surface area contributed by atoms with Crippen LogP contribution in [0.3, 0.4) is 0 Å². The Morgan fingerprint density at radius 2 is 1.96 bits per heavy atom. The van der Waals surface area contributed by atoms with Crippen molar-refractivity contribution < 1.29 is 14.0 Å². The molecular formula is C17H19FN2O2S. The van der Waals surface area contributed by atoms with E-state index in [1.807, 2.05) is 6.07 Å². The molecule has 0 spiro atoms. The highest BCUT2D eigenvalue weighted by atomic mass is 32.2. The van der Waals surface area contributed by atoms with Crippen LogP contribution in [0.2, 0.25) is 0 Å². The van der Waals surface area contributed by atoms with Crippen molar-refractivity contribution in [3.05, 3.63) is 34.5 Å². The van der Waals surface area contributed by atoms with Gasteiger partial charge < -0.3 is 4.90 Å². The Morgan fingerprint density at radius 3 is 2.57 bits per heavy atom. The average molecular weight is 334 g/mol. The molecule has 2 amide bonds. The Labute approximate surface area is 139 Å². The minimum Gasteiger partial charge on any atom is -0.371 e. The van der Waals surface area contributed by atoms with Crippen molar-refractivity contribution in [3.63, 3.8) is 0 Å². The molecule has 1 aromatic carbocycles. The maximum Gasteiger partial charge on any atom is 0.293 e. The molecule has 4 nitrogen and oxygen atoms in total. The lowest BCUT2D eigenvalue weighted by Gasteiger charge is -2.28. The van der Waals surface area contributed by atoms with E-state index in [1.54, 1.807) is 13.0 Å². The molecule has 122 valence electrons.